The van der Waals surface area contributed by atoms with Gasteiger partial charge in [0.25, 0.3) is 0 Å². The molecule has 0 saturated carbocycles. The van der Waals surface area contributed by atoms with Crippen molar-refractivity contribution in [3.63, 3.8) is 0 Å². The first-order valence-corrected chi connectivity index (χ1v) is 8.58. The van der Waals surface area contributed by atoms with E-state index in [0.717, 1.165) is 44.2 Å². The highest BCUT2D eigenvalue weighted by Gasteiger charge is 2.22. The van der Waals surface area contributed by atoms with Crippen LogP contribution in [0.25, 0.3) is 0 Å². The van der Waals surface area contributed by atoms with Crippen LogP contribution in [-0.4, -0.2) is 34.9 Å². The van der Waals surface area contributed by atoms with Crippen LogP contribution >= 0.6 is 0 Å². The maximum atomic E-state index is 14.1. The number of nitrogens with one attached hydrogen (secondary N) is 1. The molecule has 20 heavy (non-hydrogen) atoms. The largest absolute Gasteiger partial charge is 0.495 e. The Balaban J connectivity index is 2.30. The molecule has 0 aromatic heterocycles. The number of rotatable bonds is 4. The van der Waals surface area contributed by atoms with Crippen LogP contribution < -0.4 is 10.1 Å². The second-order valence-corrected chi connectivity index (χ2v) is 7.23. The van der Waals surface area contributed by atoms with Crippen LogP contribution in [-0.2, 0) is 16.3 Å². The standard InChI is InChI=1S/C14H20FNO3S/c1-19-13-9-11(7-10-3-5-16-6-4-10)8-12(15)14(13)20(2,17)18/h8-10,16H,3-7H2,1-2H3. The average molecular weight is 301 g/mol. The highest BCUT2D eigenvalue weighted by Crippen LogP contribution is 2.30. The predicted octanol–water partition coefficient (Wildman–Crippen LogP) is 1.78. The Morgan fingerprint density at radius 2 is 2.00 bits per heavy atom. The molecule has 1 heterocycles. The lowest BCUT2D eigenvalue weighted by molar-refractivity contribution is 0.368. The van der Waals surface area contributed by atoms with Crippen LogP contribution in [0.4, 0.5) is 4.39 Å². The highest BCUT2D eigenvalue weighted by molar-refractivity contribution is 7.90. The summed E-state index contributed by atoms with van der Waals surface area (Å²) in [6.07, 6.45) is 3.84. The summed E-state index contributed by atoms with van der Waals surface area (Å²) in [5.41, 5.74) is 0.790. The van der Waals surface area contributed by atoms with Crippen LogP contribution in [0.15, 0.2) is 17.0 Å². The zero-order valence-corrected chi connectivity index (χ0v) is 12.6. The van der Waals surface area contributed by atoms with Gasteiger partial charge in [-0.05, 0) is 56.0 Å². The van der Waals surface area contributed by atoms with Crippen LogP contribution in [0.2, 0.25) is 0 Å². The van der Waals surface area contributed by atoms with Gasteiger partial charge in [-0.1, -0.05) is 0 Å². The fourth-order valence-corrected chi connectivity index (χ4v) is 3.59. The summed E-state index contributed by atoms with van der Waals surface area (Å²) >= 11 is 0. The number of sulfone groups is 1. The summed E-state index contributed by atoms with van der Waals surface area (Å²) < 4.78 is 42.3. The minimum Gasteiger partial charge on any atom is -0.495 e. The normalized spacial score (nSPS) is 17.1. The third-order valence-electron chi connectivity index (χ3n) is 3.64. The maximum Gasteiger partial charge on any atom is 0.182 e. The Hall–Kier alpha value is -1.14. The van der Waals surface area contributed by atoms with Crippen molar-refractivity contribution in [2.75, 3.05) is 26.5 Å². The van der Waals surface area contributed by atoms with Crippen molar-refractivity contribution in [1.82, 2.24) is 5.32 Å². The van der Waals surface area contributed by atoms with Crippen molar-refractivity contribution < 1.29 is 17.5 Å². The molecule has 1 aromatic rings. The topological polar surface area (TPSA) is 55.4 Å². The van der Waals surface area contributed by atoms with E-state index in [1.54, 1.807) is 6.07 Å². The molecular formula is C14H20FNO3S. The van der Waals surface area contributed by atoms with E-state index in [0.29, 0.717) is 5.92 Å². The van der Waals surface area contributed by atoms with Crippen molar-refractivity contribution in [3.05, 3.63) is 23.5 Å². The molecule has 112 valence electrons. The first-order chi connectivity index (χ1) is 9.41. The van der Waals surface area contributed by atoms with Crippen LogP contribution in [0.3, 0.4) is 0 Å². The van der Waals surface area contributed by atoms with Gasteiger partial charge >= 0.3 is 0 Å². The second-order valence-electron chi connectivity index (χ2n) is 5.28. The highest BCUT2D eigenvalue weighted by atomic mass is 32.2. The number of ether oxygens (including phenoxy) is 1. The van der Waals surface area contributed by atoms with Crippen LogP contribution in [0, 0.1) is 11.7 Å². The zero-order chi connectivity index (χ0) is 14.8. The molecular weight excluding hydrogens is 281 g/mol. The molecule has 0 radical (unpaired) electrons. The lowest BCUT2D eigenvalue weighted by Crippen LogP contribution is -2.28. The fourth-order valence-electron chi connectivity index (χ4n) is 2.67. The van der Waals surface area contributed by atoms with Gasteiger partial charge in [-0.2, -0.15) is 0 Å². The Bertz CT molecular complexity index is 580. The summed E-state index contributed by atoms with van der Waals surface area (Å²) in [4.78, 5) is -0.353. The Labute approximate surface area is 119 Å². The quantitative estimate of drug-likeness (QED) is 0.921. The van der Waals surface area contributed by atoms with E-state index in [1.165, 1.54) is 13.2 Å². The van der Waals surface area contributed by atoms with Crippen LogP contribution in [0.1, 0.15) is 18.4 Å². The molecule has 0 aliphatic carbocycles. The maximum absolute atomic E-state index is 14.1. The van der Waals surface area contributed by atoms with Crippen molar-refractivity contribution >= 4 is 9.84 Å². The molecule has 4 nitrogen and oxygen atoms in total. The minimum absolute atomic E-state index is 0.0939. The van der Waals surface area contributed by atoms with E-state index in [-0.39, 0.29) is 10.6 Å². The molecule has 6 heteroatoms. The molecule has 1 N–H and O–H groups in total. The van der Waals surface area contributed by atoms with Gasteiger partial charge in [0.05, 0.1) is 7.11 Å². The Morgan fingerprint density at radius 3 is 2.55 bits per heavy atom. The number of benzene rings is 1. The van der Waals surface area contributed by atoms with Crippen molar-refractivity contribution in [3.8, 4) is 5.75 Å². The molecule has 0 atom stereocenters. The summed E-state index contributed by atoms with van der Waals surface area (Å²) in [7, 11) is -2.28. The summed E-state index contributed by atoms with van der Waals surface area (Å²) in [5, 5.41) is 3.29. The van der Waals surface area contributed by atoms with Crippen LogP contribution in [0.5, 0.6) is 5.75 Å². The monoisotopic (exact) mass is 301 g/mol. The van der Waals surface area contributed by atoms with Crippen molar-refractivity contribution in [2.24, 2.45) is 5.92 Å². The van der Waals surface area contributed by atoms with E-state index in [9.17, 15) is 12.8 Å². The van der Waals surface area contributed by atoms with Crippen molar-refractivity contribution in [2.45, 2.75) is 24.2 Å². The second kappa shape index (κ2) is 6.10. The summed E-state index contributed by atoms with van der Waals surface area (Å²) in [6.45, 7) is 1.96. The minimum atomic E-state index is -3.64. The molecule has 1 aliphatic heterocycles. The van der Waals surface area contributed by atoms with E-state index >= 15 is 0 Å². The summed E-state index contributed by atoms with van der Waals surface area (Å²) in [6, 6.07) is 2.96. The average Bonchev–Trinajstić information content (AvgIpc) is 2.37. The first-order valence-electron chi connectivity index (χ1n) is 6.69. The van der Waals surface area contributed by atoms with Crippen molar-refractivity contribution in [1.29, 1.82) is 0 Å². The van der Waals surface area contributed by atoms with Gasteiger partial charge in [0, 0.05) is 6.26 Å². The van der Waals surface area contributed by atoms with Gasteiger partial charge in [-0.3, -0.25) is 0 Å². The molecule has 0 amide bonds. The number of piperidine rings is 1. The molecule has 0 unspecified atom stereocenters. The number of methoxy groups -OCH3 is 1. The third kappa shape index (κ3) is 3.49. The molecule has 1 aliphatic rings. The van der Waals surface area contributed by atoms with E-state index in [4.69, 9.17) is 4.74 Å². The molecule has 0 bridgehead atoms. The Kier molecular flexibility index (Phi) is 4.65. The number of halogens is 1. The molecule has 2 rings (SSSR count). The predicted molar refractivity (Wildman–Crippen MR) is 75.4 cm³/mol. The smallest absolute Gasteiger partial charge is 0.182 e. The van der Waals surface area contributed by atoms with Gasteiger partial charge in [-0.25, -0.2) is 12.8 Å². The van der Waals surface area contributed by atoms with Gasteiger partial charge in [0.15, 0.2) is 9.84 Å². The van der Waals surface area contributed by atoms with E-state index < -0.39 is 15.7 Å². The fraction of sp³-hybridized carbons (Fsp3) is 0.571. The lowest BCUT2D eigenvalue weighted by Gasteiger charge is -2.23. The number of hydrogen-bond donors (Lipinski definition) is 1. The summed E-state index contributed by atoms with van der Waals surface area (Å²) in [5.74, 6) is -0.128. The number of hydrogen-bond acceptors (Lipinski definition) is 4. The van der Waals surface area contributed by atoms with E-state index in [1.807, 2.05) is 0 Å². The zero-order valence-electron chi connectivity index (χ0n) is 11.8. The van der Waals surface area contributed by atoms with Gasteiger partial charge in [-0.15, -0.1) is 0 Å². The molecule has 1 fully saturated rings. The molecule has 0 spiro atoms. The van der Waals surface area contributed by atoms with Gasteiger partial charge in [0.1, 0.15) is 16.5 Å². The van der Waals surface area contributed by atoms with E-state index in [2.05, 4.69) is 5.32 Å². The molecule has 1 saturated heterocycles. The third-order valence-corrected chi connectivity index (χ3v) is 4.78. The SMILES string of the molecule is COc1cc(CC2CCNCC2)cc(F)c1S(C)(=O)=O. The first kappa shape index (κ1) is 15.3. The van der Waals surface area contributed by atoms with Gasteiger partial charge < -0.3 is 10.1 Å². The Morgan fingerprint density at radius 1 is 1.35 bits per heavy atom. The van der Waals surface area contributed by atoms with Gasteiger partial charge in [0.2, 0.25) is 0 Å². The lowest BCUT2D eigenvalue weighted by atomic mass is 9.91. The molecule has 1 aromatic carbocycles.